The van der Waals surface area contributed by atoms with Crippen molar-refractivity contribution in [3.63, 3.8) is 0 Å². The first-order valence-corrected chi connectivity index (χ1v) is 9.42. The highest BCUT2D eigenvalue weighted by Gasteiger charge is 2.36. The second kappa shape index (κ2) is 6.17. The first-order chi connectivity index (χ1) is 12.8. The van der Waals surface area contributed by atoms with Gasteiger partial charge in [-0.25, -0.2) is 0 Å². The number of rotatable bonds is 3. The Kier molecular flexibility index (Phi) is 3.66. The first kappa shape index (κ1) is 15.4. The lowest BCUT2D eigenvalue weighted by molar-refractivity contribution is -0.125. The third-order valence-electron chi connectivity index (χ3n) is 5.77. The van der Waals surface area contributed by atoms with Crippen LogP contribution in [-0.2, 0) is 11.3 Å². The summed E-state index contributed by atoms with van der Waals surface area (Å²) in [6.45, 7) is 2.88. The van der Waals surface area contributed by atoms with E-state index in [0.717, 1.165) is 43.7 Å². The topological polar surface area (TPSA) is 25.2 Å². The van der Waals surface area contributed by atoms with E-state index in [1.807, 2.05) is 6.07 Å². The lowest BCUT2D eigenvalue weighted by Crippen LogP contribution is -2.45. The lowest BCUT2D eigenvalue weighted by Gasteiger charge is -2.41. The molecule has 6 rings (SSSR count). The molecule has 0 radical (unpaired) electrons. The number of allylic oxidation sites excluding steroid dienone is 1. The summed E-state index contributed by atoms with van der Waals surface area (Å²) in [5, 5.41) is 1.21. The molecule has 3 fully saturated rings. The number of piperidine rings is 3. The minimum Gasteiger partial charge on any atom is -0.369 e. The van der Waals surface area contributed by atoms with E-state index in [2.05, 4.69) is 70.3 Å². The second-order valence-corrected chi connectivity index (χ2v) is 7.37. The lowest BCUT2D eigenvalue weighted by atomic mass is 9.84. The van der Waals surface area contributed by atoms with Gasteiger partial charge in [-0.3, -0.25) is 4.79 Å². The fourth-order valence-electron chi connectivity index (χ4n) is 4.36. The Morgan fingerprint density at radius 2 is 1.69 bits per heavy atom. The van der Waals surface area contributed by atoms with Crippen molar-refractivity contribution < 1.29 is 4.79 Å². The quantitative estimate of drug-likeness (QED) is 0.662. The summed E-state index contributed by atoms with van der Waals surface area (Å²) >= 11 is 0. The molecule has 0 amide bonds. The Hall–Kier alpha value is -2.81. The highest BCUT2D eigenvalue weighted by atomic mass is 16.1. The normalized spacial score (nSPS) is 19.0. The first-order valence-electron chi connectivity index (χ1n) is 9.42. The largest absolute Gasteiger partial charge is 0.369 e. The fraction of sp³-hybridized carbons (Fsp3) is 0.261. The summed E-state index contributed by atoms with van der Waals surface area (Å²) in [6.07, 6.45) is 6.36. The maximum absolute atomic E-state index is 12.7. The van der Waals surface area contributed by atoms with Crippen molar-refractivity contribution in [1.29, 1.82) is 0 Å². The summed E-state index contributed by atoms with van der Waals surface area (Å²) in [5.41, 5.74) is 4.55. The van der Waals surface area contributed by atoms with E-state index in [-0.39, 0.29) is 5.92 Å². The predicted octanol–water partition coefficient (Wildman–Crippen LogP) is 4.33. The van der Waals surface area contributed by atoms with Gasteiger partial charge in [-0.2, -0.15) is 0 Å². The molecule has 130 valence electrons. The van der Waals surface area contributed by atoms with Crippen molar-refractivity contribution in [3.8, 4) is 0 Å². The maximum atomic E-state index is 12.7. The number of Topliss-reactive ketones (excluding diaryl/α,β-unsaturated/α-hetero) is 1. The van der Waals surface area contributed by atoms with Crippen molar-refractivity contribution in [2.45, 2.75) is 19.4 Å². The Morgan fingerprint density at radius 3 is 2.46 bits per heavy atom. The summed E-state index contributed by atoms with van der Waals surface area (Å²) < 4.78 is 2.29. The van der Waals surface area contributed by atoms with Gasteiger partial charge in [0.2, 0.25) is 0 Å². The van der Waals surface area contributed by atoms with Crippen LogP contribution in [0.3, 0.4) is 0 Å². The number of para-hydroxylation sites is 1. The number of carbonyl (C=O) groups is 1. The Labute approximate surface area is 153 Å². The van der Waals surface area contributed by atoms with Crippen molar-refractivity contribution in [2.75, 3.05) is 13.1 Å². The molecule has 3 heteroatoms. The van der Waals surface area contributed by atoms with Crippen LogP contribution in [0, 0.1) is 5.92 Å². The molecule has 3 aliphatic heterocycles. The fourth-order valence-corrected chi connectivity index (χ4v) is 4.36. The predicted molar refractivity (Wildman–Crippen MR) is 105 cm³/mol. The highest BCUT2D eigenvalue weighted by molar-refractivity contribution is 6.04. The van der Waals surface area contributed by atoms with Gasteiger partial charge in [0.25, 0.3) is 0 Å². The number of hydrogen-bond acceptors (Lipinski definition) is 2. The van der Waals surface area contributed by atoms with Crippen LogP contribution in [0.15, 0.2) is 66.5 Å². The van der Waals surface area contributed by atoms with Crippen LogP contribution >= 0.6 is 0 Å². The third kappa shape index (κ3) is 2.55. The van der Waals surface area contributed by atoms with Gasteiger partial charge in [0, 0.05) is 48.2 Å². The number of fused-ring (bicyclic) bond motifs is 4. The van der Waals surface area contributed by atoms with E-state index in [0.29, 0.717) is 5.78 Å². The minimum absolute atomic E-state index is 0.240. The number of nitrogens with zero attached hydrogens (tertiary/aromatic N) is 2. The zero-order chi connectivity index (χ0) is 17.5. The molecule has 2 bridgehead atoms. The van der Waals surface area contributed by atoms with E-state index in [1.54, 1.807) is 0 Å². The molecule has 0 N–H and O–H groups in total. The molecule has 3 saturated heterocycles. The second-order valence-electron chi connectivity index (χ2n) is 7.37. The Bertz CT molecular complexity index is 991. The smallest absolute Gasteiger partial charge is 0.182 e. The summed E-state index contributed by atoms with van der Waals surface area (Å²) in [5.74, 6) is 0.575. The number of carbonyl (C=O) groups excluding carboxylic acids is 1. The van der Waals surface area contributed by atoms with Crippen LogP contribution < -0.4 is 0 Å². The number of hydrogen-bond donors (Lipinski definition) is 0. The molecule has 0 unspecified atom stereocenters. The summed E-state index contributed by atoms with van der Waals surface area (Å²) in [7, 11) is 0. The van der Waals surface area contributed by atoms with Gasteiger partial charge in [0.1, 0.15) is 0 Å². The Balaban J connectivity index is 1.58. The van der Waals surface area contributed by atoms with E-state index >= 15 is 0 Å². The van der Waals surface area contributed by atoms with Crippen LogP contribution in [0.25, 0.3) is 17.0 Å². The van der Waals surface area contributed by atoms with Crippen LogP contribution in [0.4, 0.5) is 0 Å². The van der Waals surface area contributed by atoms with Gasteiger partial charge >= 0.3 is 0 Å². The molecule has 0 aliphatic carbocycles. The van der Waals surface area contributed by atoms with Gasteiger partial charge in [-0.15, -0.1) is 0 Å². The molecule has 4 heterocycles. The van der Waals surface area contributed by atoms with E-state index in [1.165, 1.54) is 16.5 Å². The molecule has 0 spiro atoms. The SMILES string of the molecule is O=C1/C(=C/c2cn(Cc3ccccc3)c3ccccc23)N2CCC1CC2. The van der Waals surface area contributed by atoms with Gasteiger partial charge < -0.3 is 9.47 Å². The number of ketones is 1. The zero-order valence-corrected chi connectivity index (χ0v) is 14.8. The standard InChI is InChI=1S/C23H22N2O/c26-23-18-10-12-24(13-11-18)22(23)14-19-16-25(15-17-6-2-1-3-7-17)21-9-5-4-8-20(19)21/h1-9,14,16,18H,10-13,15H2/b22-14-. The van der Waals surface area contributed by atoms with Crippen LogP contribution in [0.1, 0.15) is 24.0 Å². The molecular formula is C23H22N2O. The van der Waals surface area contributed by atoms with Crippen molar-refractivity contribution >= 4 is 22.8 Å². The monoisotopic (exact) mass is 342 g/mol. The van der Waals surface area contributed by atoms with E-state index in [9.17, 15) is 4.79 Å². The average Bonchev–Trinajstić information content (AvgIpc) is 3.03. The summed E-state index contributed by atoms with van der Waals surface area (Å²) in [6, 6.07) is 19.0. The Morgan fingerprint density at radius 1 is 0.962 bits per heavy atom. The van der Waals surface area contributed by atoms with Crippen LogP contribution in [0.2, 0.25) is 0 Å². The molecule has 0 atom stereocenters. The zero-order valence-electron chi connectivity index (χ0n) is 14.8. The van der Waals surface area contributed by atoms with Gasteiger partial charge in [-0.1, -0.05) is 48.5 Å². The van der Waals surface area contributed by atoms with Crippen LogP contribution in [0.5, 0.6) is 0 Å². The van der Waals surface area contributed by atoms with Crippen molar-refractivity contribution in [2.24, 2.45) is 5.92 Å². The van der Waals surface area contributed by atoms with Gasteiger partial charge in [0.05, 0.1) is 5.70 Å². The number of benzene rings is 2. The molecule has 26 heavy (non-hydrogen) atoms. The van der Waals surface area contributed by atoms with E-state index in [4.69, 9.17) is 0 Å². The van der Waals surface area contributed by atoms with E-state index < -0.39 is 0 Å². The summed E-state index contributed by atoms with van der Waals surface area (Å²) in [4.78, 5) is 15.0. The third-order valence-corrected chi connectivity index (χ3v) is 5.77. The molecule has 2 aromatic carbocycles. The minimum atomic E-state index is 0.240. The van der Waals surface area contributed by atoms with Crippen molar-refractivity contribution in [3.05, 3.63) is 77.6 Å². The van der Waals surface area contributed by atoms with Crippen molar-refractivity contribution in [1.82, 2.24) is 9.47 Å². The molecule has 0 saturated carbocycles. The molecule has 3 aromatic rings. The molecule has 3 aliphatic rings. The van der Waals surface area contributed by atoms with Crippen LogP contribution in [-0.4, -0.2) is 28.3 Å². The van der Waals surface area contributed by atoms with Gasteiger partial charge in [-0.05, 0) is 30.5 Å². The highest BCUT2D eigenvalue weighted by Crippen LogP contribution is 2.34. The molecular weight excluding hydrogens is 320 g/mol. The maximum Gasteiger partial charge on any atom is 0.182 e. The van der Waals surface area contributed by atoms with Gasteiger partial charge in [0.15, 0.2) is 5.78 Å². The number of aromatic nitrogens is 1. The molecule has 1 aromatic heterocycles. The molecule has 3 nitrogen and oxygen atoms in total. The average molecular weight is 342 g/mol.